The predicted molar refractivity (Wildman–Crippen MR) is 85.1 cm³/mol. The molecular weight excluding hydrogens is 281 g/mol. The monoisotopic (exact) mass is 305 g/mol. The van der Waals surface area contributed by atoms with Crippen LogP contribution in [0.2, 0.25) is 0 Å². The van der Waals surface area contributed by atoms with E-state index in [2.05, 4.69) is 5.32 Å². The molecule has 0 unspecified atom stereocenters. The van der Waals surface area contributed by atoms with Gasteiger partial charge in [-0.25, -0.2) is 9.18 Å². The van der Waals surface area contributed by atoms with Gasteiger partial charge in [0.05, 0.1) is 6.61 Å². The molecule has 0 saturated heterocycles. The zero-order chi connectivity index (χ0) is 15.8. The van der Waals surface area contributed by atoms with Crippen molar-refractivity contribution in [3.8, 4) is 0 Å². The number of halogens is 1. The van der Waals surface area contributed by atoms with E-state index in [4.69, 9.17) is 4.74 Å². The third-order valence-corrected chi connectivity index (χ3v) is 4.00. The van der Waals surface area contributed by atoms with Crippen LogP contribution in [0.4, 0.5) is 4.39 Å². The molecule has 1 aromatic carbocycles. The molecule has 1 N–H and O–H groups in total. The van der Waals surface area contributed by atoms with Crippen LogP contribution in [-0.2, 0) is 16.0 Å². The SMILES string of the molecule is CCOC(=O)C=C1CCC(NCCc2ccc(F)cc2)CC1. The largest absolute Gasteiger partial charge is 0.463 e. The Labute approximate surface area is 131 Å². The maximum Gasteiger partial charge on any atom is 0.330 e. The Morgan fingerprint density at radius 3 is 2.64 bits per heavy atom. The minimum absolute atomic E-state index is 0.190. The van der Waals surface area contributed by atoms with Crippen molar-refractivity contribution in [3.63, 3.8) is 0 Å². The van der Waals surface area contributed by atoms with Gasteiger partial charge in [0.1, 0.15) is 5.82 Å². The van der Waals surface area contributed by atoms with Gasteiger partial charge >= 0.3 is 5.97 Å². The van der Waals surface area contributed by atoms with E-state index in [9.17, 15) is 9.18 Å². The second-order valence-corrected chi connectivity index (χ2v) is 5.66. The fourth-order valence-electron chi connectivity index (χ4n) is 2.76. The normalized spacial score (nSPS) is 18.1. The van der Waals surface area contributed by atoms with Crippen molar-refractivity contribution in [2.75, 3.05) is 13.2 Å². The molecule has 3 nitrogen and oxygen atoms in total. The highest BCUT2D eigenvalue weighted by Gasteiger charge is 2.16. The van der Waals surface area contributed by atoms with Crippen molar-refractivity contribution in [1.82, 2.24) is 5.32 Å². The first kappa shape index (κ1) is 16.7. The summed E-state index contributed by atoms with van der Waals surface area (Å²) in [7, 11) is 0. The Morgan fingerprint density at radius 1 is 1.32 bits per heavy atom. The second kappa shape index (κ2) is 8.69. The summed E-state index contributed by atoms with van der Waals surface area (Å²) >= 11 is 0. The molecule has 1 aliphatic rings. The van der Waals surface area contributed by atoms with Crippen molar-refractivity contribution in [2.24, 2.45) is 0 Å². The lowest BCUT2D eigenvalue weighted by Crippen LogP contribution is -2.33. The molecular formula is C18H24FNO2. The van der Waals surface area contributed by atoms with Crippen molar-refractivity contribution in [3.05, 3.63) is 47.3 Å². The number of esters is 1. The summed E-state index contributed by atoms with van der Waals surface area (Å²) in [6.45, 7) is 3.14. The molecule has 0 spiro atoms. The molecule has 0 aliphatic heterocycles. The average molecular weight is 305 g/mol. The van der Waals surface area contributed by atoms with Gasteiger partial charge in [0.25, 0.3) is 0 Å². The van der Waals surface area contributed by atoms with E-state index in [1.165, 1.54) is 17.7 Å². The summed E-state index contributed by atoms with van der Waals surface area (Å²) in [5, 5.41) is 3.55. The van der Waals surface area contributed by atoms with Gasteiger partial charge in [-0.2, -0.15) is 0 Å². The molecule has 0 heterocycles. The zero-order valence-electron chi connectivity index (χ0n) is 13.1. The van der Waals surface area contributed by atoms with Gasteiger partial charge in [0.15, 0.2) is 0 Å². The van der Waals surface area contributed by atoms with Crippen LogP contribution in [-0.4, -0.2) is 25.2 Å². The van der Waals surface area contributed by atoms with E-state index in [0.717, 1.165) is 44.2 Å². The molecule has 1 saturated carbocycles. The lowest BCUT2D eigenvalue weighted by Gasteiger charge is -2.25. The van der Waals surface area contributed by atoms with E-state index in [0.29, 0.717) is 12.6 Å². The second-order valence-electron chi connectivity index (χ2n) is 5.66. The summed E-state index contributed by atoms with van der Waals surface area (Å²) in [6, 6.07) is 7.17. The van der Waals surface area contributed by atoms with E-state index in [1.54, 1.807) is 6.08 Å². The van der Waals surface area contributed by atoms with Crippen LogP contribution >= 0.6 is 0 Å². The van der Waals surface area contributed by atoms with Crippen molar-refractivity contribution >= 4 is 5.97 Å². The summed E-state index contributed by atoms with van der Waals surface area (Å²) in [4.78, 5) is 11.4. The highest BCUT2D eigenvalue weighted by molar-refractivity contribution is 5.82. The maximum atomic E-state index is 12.8. The molecule has 0 aromatic heterocycles. The predicted octanol–water partition coefficient (Wildman–Crippen LogP) is 3.39. The lowest BCUT2D eigenvalue weighted by atomic mass is 9.90. The van der Waals surface area contributed by atoms with Crippen LogP contribution in [0, 0.1) is 5.82 Å². The fourth-order valence-corrected chi connectivity index (χ4v) is 2.76. The highest BCUT2D eigenvalue weighted by atomic mass is 19.1. The number of benzene rings is 1. The summed E-state index contributed by atoms with van der Waals surface area (Å²) < 4.78 is 17.8. The van der Waals surface area contributed by atoms with Crippen molar-refractivity contribution in [2.45, 2.75) is 45.1 Å². The number of hydrogen-bond donors (Lipinski definition) is 1. The molecule has 0 atom stereocenters. The van der Waals surface area contributed by atoms with Crippen LogP contribution in [0.1, 0.15) is 38.2 Å². The van der Waals surface area contributed by atoms with Gasteiger partial charge < -0.3 is 10.1 Å². The summed E-state index contributed by atoms with van der Waals surface area (Å²) in [6.07, 6.45) is 6.56. The third kappa shape index (κ3) is 5.60. The number of rotatable bonds is 6. The molecule has 4 heteroatoms. The van der Waals surface area contributed by atoms with Crippen molar-refractivity contribution in [1.29, 1.82) is 0 Å². The van der Waals surface area contributed by atoms with Crippen LogP contribution < -0.4 is 5.32 Å². The third-order valence-electron chi connectivity index (χ3n) is 4.00. The lowest BCUT2D eigenvalue weighted by molar-refractivity contribution is -0.137. The number of hydrogen-bond acceptors (Lipinski definition) is 3. The molecule has 120 valence electrons. The van der Waals surface area contributed by atoms with E-state index < -0.39 is 0 Å². The fraction of sp³-hybridized carbons (Fsp3) is 0.500. The number of nitrogens with one attached hydrogen (secondary N) is 1. The van der Waals surface area contributed by atoms with Gasteiger partial charge in [-0.15, -0.1) is 0 Å². The molecule has 0 radical (unpaired) electrons. The maximum absolute atomic E-state index is 12.8. The number of allylic oxidation sites excluding steroid dienone is 1. The van der Waals surface area contributed by atoms with E-state index >= 15 is 0 Å². The minimum atomic E-state index is -0.222. The molecule has 1 aliphatic carbocycles. The van der Waals surface area contributed by atoms with Crippen LogP contribution in [0.5, 0.6) is 0 Å². The van der Waals surface area contributed by atoms with E-state index in [1.807, 2.05) is 19.1 Å². The van der Waals surface area contributed by atoms with Gasteiger partial charge in [-0.05, 0) is 63.3 Å². The number of carbonyl (C=O) groups excluding carboxylic acids is 1. The van der Waals surface area contributed by atoms with Crippen molar-refractivity contribution < 1.29 is 13.9 Å². The zero-order valence-corrected chi connectivity index (χ0v) is 13.1. The Kier molecular flexibility index (Phi) is 6.59. The Morgan fingerprint density at radius 2 is 2.00 bits per heavy atom. The molecule has 2 rings (SSSR count). The van der Waals surface area contributed by atoms with Crippen LogP contribution in [0.15, 0.2) is 35.9 Å². The van der Waals surface area contributed by atoms with Gasteiger partial charge in [-0.3, -0.25) is 0 Å². The minimum Gasteiger partial charge on any atom is -0.463 e. The average Bonchev–Trinajstić information content (AvgIpc) is 2.51. The first-order chi connectivity index (χ1) is 10.7. The number of ether oxygens (including phenoxy) is 1. The van der Waals surface area contributed by atoms with Gasteiger partial charge in [0, 0.05) is 12.1 Å². The van der Waals surface area contributed by atoms with E-state index in [-0.39, 0.29) is 11.8 Å². The first-order valence-electron chi connectivity index (χ1n) is 8.01. The van der Waals surface area contributed by atoms with Crippen LogP contribution in [0.3, 0.4) is 0 Å². The summed E-state index contributed by atoms with van der Waals surface area (Å²) in [5.41, 5.74) is 2.34. The Hall–Kier alpha value is -1.68. The van der Waals surface area contributed by atoms with Gasteiger partial charge in [0.2, 0.25) is 0 Å². The Balaban J connectivity index is 1.67. The molecule has 1 fully saturated rings. The molecule has 0 bridgehead atoms. The summed E-state index contributed by atoms with van der Waals surface area (Å²) in [5.74, 6) is -0.412. The quantitative estimate of drug-likeness (QED) is 0.647. The Bertz CT molecular complexity index is 500. The standard InChI is InChI=1S/C18H24FNO2/c1-2-22-18(21)13-15-5-9-17(10-6-15)20-12-11-14-3-7-16(19)8-4-14/h3-4,7-8,13,17,20H,2,5-6,9-12H2,1H3. The highest BCUT2D eigenvalue weighted by Crippen LogP contribution is 2.23. The molecule has 0 amide bonds. The topological polar surface area (TPSA) is 38.3 Å². The molecule has 1 aromatic rings. The smallest absolute Gasteiger partial charge is 0.330 e. The van der Waals surface area contributed by atoms with Gasteiger partial charge in [-0.1, -0.05) is 17.7 Å². The first-order valence-corrected chi connectivity index (χ1v) is 8.01. The van der Waals surface area contributed by atoms with Crippen LogP contribution in [0.25, 0.3) is 0 Å². The number of carbonyl (C=O) groups is 1. The molecule has 22 heavy (non-hydrogen) atoms.